The van der Waals surface area contributed by atoms with Crippen LogP contribution in [0.5, 0.6) is 5.75 Å². The third kappa shape index (κ3) is 4.59. The number of benzene rings is 2. The first-order chi connectivity index (χ1) is 12.8. The summed E-state index contributed by atoms with van der Waals surface area (Å²) in [6.07, 6.45) is 1.12. The molecule has 0 saturated heterocycles. The van der Waals surface area contributed by atoms with Gasteiger partial charge in [0.15, 0.2) is 0 Å². The van der Waals surface area contributed by atoms with Gasteiger partial charge in [-0.05, 0) is 24.3 Å². The van der Waals surface area contributed by atoms with Gasteiger partial charge in [0.2, 0.25) is 5.75 Å². The third-order valence-corrected chi connectivity index (χ3v) is 3.61. The number of ether oxygens (including phenoxy) is 2. The number of carbonyl (C=O) groups is 2. The molecule has 2 rings (SSSR count). The number of methoxy groups -OCH3 is 2. The van der Waals surface area contributed by atoms with Gasteiger partial charge in [-0.15, -0.1) is 0 Å². The monoisotopic (exact) mass is 392 g/mol. The summed E-state index contributed by atoms with van der Waals surface area (Å²) >= 11 is 5.82. The summed E-state index contributed by atoms with van der Waals surface area (Å²) in [6, 6.07) is 6.23. The number of nitro groups is 1. The van der Waals surface area contributed by atoms with Gasteiger partial charge in [0.05, 0.1) is 36.0 Å². The van der Waals surface area contributed by atoms with Gasteiger partial charge in [0.1, 0.15) is 0 Å². The maximum atomic E-state index is 11.8. The molecule has 0 aromatic heterocycles. The summed E-state index contributed by atoms with van der Waals surface area (Å²) in [4.78, 5) is 37.7. The number of carbonyl (C=O) groups excluding carboxylic acids is 2. The van der Waals surface area contributed by atoms with Crippen LogP contribution < -0.4 is 0 Å². The van der Waals surface area contributed by atoms with Crippen LogP contribution in [0.3, 0.4) is 0 Å². The molecule has 0 amide bonds. The Labute approximate surface area is 158 Å². The third-order valence-electron chi connectivity index (χ3n) is 3.39. The molecule has 0 aliphatic heterocycles. The van der Waals surface area contributed by atoms with E-state index in [1.165, 1.54) is 38.5 Å². The quantitative estimate of drug-likeness (QED) is 0.357. The second-order valence-electron chi connectivity index (χ2n) is 5.13. The highest BCUT2D eigenvalue weighted by atomic mass is 35.5. The van der Waals surface area contributed by atoms with Crippen molar-refractivity contribution >= 4 is 41.1 Å². The van der Waals surface area contributed by atoms with Crippen LogP contribution in [0.15, 0.2) is 35.3 Å². The Morgan fingerprint density at radius 2 is 1.67 bits per heavy atom. The highest BCUT2D eigenvalue weighted by molar-refractivity contribution is 6.31. The van der Waals surface area contributed by atoms with E-state index in [-0.39, 0.29) is 27.4 Å². The summed E-state index contributed by atoms with van der Waals surface area (Å²) in [6.45, 7) is 0. The molecule has 9 nitrogen and oxygen atoms in total. The molecule has 0 atom stereocenters. The van der Waals surface area contributed by atoms with E-state index in [0.717, 1.165) is 12.3 Å². The normalized spacial score (nSPS) is 10.6. The van der Waals surface area contributed by atoms with Gasteiger partial charge in [-0.2, -0.15) is 0 Å². The number of aromatic hydroxyl groups is 1. The van der Waals surface area contributed by atoms with Crippen molar-refractivity contribution in [2.45, 2.75) is 0 Å². The Balaban J connectivity index is 2.52. The van der Waals surface area contributed by atoms with Crippen molar-refractivity contribution in [3.8, 4) is 5.75 Å². The molecular weight excluding hydrogens is 380 g/mol. The SMILES string of the molecule is COC(=O)c1cc(N=Cc2cc(Cl)cc([N+](=O)[O-])c2O)cc(C(=O)OC)c1. The maximum Gasteiger partial charge on any atom is 0.337 e. The van der Waals surface area contributed by atoms with E-state index in [1.54, 1.807) is 0 Å². The minimum atomic E-state index is -0.786. The minimum absolute atomic E-state index is 0.0164. The Kier molecular flexibility index (Phi) is 6.09. The van der Waals surface area contributed by atoms with Gasteiger partial charge in [0, 0.05) is 22.9 Å². The van der Waals surface area contributed by atoms with Crippen molar-refractivity contribution in [3.63, 3.8) is 0 Å². The zero-order valence-electron chi connectivity index (χ0n) is 14.1. The van der Waals surface area contributed by atoms with Crippen LogP contribution in [0.25, 0.3) is 0 Å². The molecule has 0 fully saturated rings. The molecule has 0 saturated carbocycles. The number of rotatable bonds is 5. The molecule has 1 N–H and O–H groups in total. The van der Waals surface area contributed by atoms with Crippen molar-refractivity contribution in [2.75, 3.05) is 14.2 Å². The van der Waals surface area contributed by atoms with Crippen molar-refractivity contribution in [1.29, 1.82) is 0 Å². The van der Waals surface area contributed by atoms with E-state index in [9.17, 15) is 24.8 Å². The second-order valence-corrected chi connectivity index (χ2v) is 5.57. The average Bonchev–Trinajstić information content (AvgIpc) is 2.66. The lowest BCUT2D eigenvalue weighted by molar-refractivity contribution is -0.385. The number of hydrogen-bond donors (Lipinski definition) is 1. The van der Waals surface area contributed by atoms with Gasteiger partial charge in [0.25, 0.3) is 0 Å². The van der Waals surface area contributed by atoms with E-state index in [4.69, 9.17) is 11.6 Å². The largest absolute Gasteiger partial charge is 0.502 e. The summed E-state index contributed by atoms with van der Waals surface area (Å²) in [5.41, 5.74) is -0.345. The van der Waals surface area contributed by atoms with Crippen molar-refractivity contribution in [1.82, 2.24) is 0 Å². The average molecular weight is 393 g/mol. The fourth-order valence-electron chi connectivity index (χ4n) is 2.14. The van der Waals surface area contributed by atoms with E-state index in [1.807, 2.05) is 0 Å². The van der Waals surface area contributed by atoms with E-state index in [2.05, 4.69) is 14.5 Å². The molecule has 0 heterocycles. The zero-order valence-corrected chi connectivity index (χ0v) is 14.9. The first kappa shape index (κ1) is 19.9. The molecule has 0 unspecified atom stereocenters. The molecule has 140 valence electrons. The zero-order chi connectivity index (χ0) is 20.1. The van der Waals surface area contributed by atoms with Gasteiger partial charge in [-0.1, -0.05) is 11.6 Å². The smallest absolute Gasteiger partial charge is 0.337 e. The molecule has 10 heteroatoms. The summed E-state index contributed by atoms with van der Waals surface area (Å²) in [5.74, 6) is -2.01. The van der Waals surface area contributed by atoms with Crippen molar-refractivity contribution < 1.29 is 29.1 Å². The number of halogens is 1. The van der Waals surface area contributed by atoms with Gasteiger partial charge >= 0.3 is 17.6 Å². The van der Waals surface area contributed by atoms with Crippen molar-refractivity contribution in [3.05, 3.63) is 62.2 Å². The molecule has 0 spiro atoms. The highest BCUT2D eigenvalue weighted by Gasteiger charge is 2.18. The van der Waals surface area contributed by atoms with E-state index in [0.29, 0.717) is 0 Å². The predicted molar refractivity (Wildman–Crippen MR) is 96.1 cm³/mol. The number of phenols is 1. The number of nitro benzene ring substituents is 1. The molecule has 2 aromatic rings. The molecular formula is C17H13ClN2O7. The first-order valence-corrected chi connectivity index (χ1v) is 7.67. The van der Waals surface area contributed by atoms with Gasteiger partial charge < -0.3 is 14.6 Å². The fourth-order valence-corrected chi connectivity index (χ4v) is 2.37. The van der Waals surface area contributed by atoms with Crippen LogP contribution in [0.2, 0.25) is 5.02 Å². The van der Waals surface area contributed by atoms with Crippen LogP contribution in [-0.4, -0.2) is 42.4 Å². The molecule has 0 aliphatic carbocycles. The predicted octanol–water partition coefficient (Wildman–Crippen LogP) is 3.28. The van der Waals surface area contributed by atoms with Crippen LogP contribution in [0, 0.1) is 10.1 Å². The Morgan fingerprint density at radius 3 is 2.15 bits per heavy atom. The fraction of sp³-hybridized carbons (Fsp3) is 0.118. The topological polar surface area (TPSA) is 128 Å². The maximum absolute atomic E-state index is 11.8. The number of hydrogen-bond acceptors (Lipinski definition) is 8. The first-order valence-electron chi connectivity index (χ1n) is 7.29. The van der Waals surface area contributed by atoms with Crippen LogP contribution in [0.1, 0.15) is 26.3 Å². The number of aliphatic imine (C=N–C) groups is 1. The lowest BCUT2D eigenvalue weighted by Gasteiger charge is -2.05. The molecule has 27 heavy (non-hydrogen) atoms. The van der Waals surface area contributed by atoms with Crippen LogP contribution >= 0.6 is 11.6 Å². The van der Waals surface area contributed by atoms with Crippen LogP contribution in [0.4, 0.5) is 11.4 Å². The van der Waals surface area contributed by atoms with Gasteiger partial charge in [-0.25, -0.2) is 9.59 Å². The molecule has 2 aromatic carbocycles. The van der Waals surface area contributed by atoms with Crippen molar-refractivity contribution in [2.24, 2.45) is 4.99 Å². The molecule has 0 aliphatic rings. The Bertz CT molecular complexity index is 922. The summed E-state index contributed by atoms with van der Waals surface area (Å²) < 4.78 is 9.25. The summed E-state index contributed by atoms with van der Waals surface area (Å²) in [5, 5.41) is 21.0. The lowest BCUT2D eigenvalue weighted by atomic mass is 10.1. The van der Waals surface area contributed by atoms with Crippen LogP contribution in [-0.2, 0) is 9.47 Å². The van der Waals surface area contributed by atoms with E-state index >= 15 is 0 Å². The second kappa shape index (κ2) is 8.28. The highest BCUT2D eigenvalue weighted by Crippen LogP contribution is 2.32. The number of phenolic OH excluding ortho intramolecular Hbond substituents is 1. The number of esters is 2. The Hall–Kier alpha value is -3.46. The standard InChI is InChI=1S/C17H13ClN2O7/c1-26-16(22)9-3-10(17(23)27-2)6-13(5-9)19-8-11-4-12(18)7-14(15(11)21)20(24)25/h3-8,21H,1-2H3. The molecule has 0 radical (unpaired) electrons. The Morgan fingerprint density at radius 1 is 1.11 bits per heavy atom. The number of nitrogens with zero attached hydrogens (tertiary/aromatic N) is 2. The van der Waals surface area contributed by atoms with Gasteiger partial charge in [-0.3, -0.25) is 15.1 Å². The lowest BCUT2D eigenvalue weighted by Crippen LogP contribution is -2.06. The van der Waals surface area contributed by atoms with E-state index < -0.39 is 28.3 Å². The molecule has 0 bridgehead atoms. The minimum Gasteiger partial charge on any atom is -0.502 e. The summed E-state index contributed by atoms with van der Waals surface area (Å²) in [7, 11) is 2.36.